The van der Waals surface area contributed by atoms with E-state index in [0.717, 1.165) is 41.7 Å². The van der Waals surface area contributed by atoms with Crippen molar-refractivity contribution in [1.82, 2.24) is 4.90 Å². The van der Waals surface area contributed by atoms with E-state index in [1.807, 2.05) is 30.0 Å². The Morgan fingerprint density at radius 3 is 2.71 bits per heavy atom. The summed E-state index contributed by atoms with van der Waals surface area (Å²) in [6.07, 6.45) is 2.23. The van der Waals surface area contributed by atoms with Crippen molar-refractivity contribution >= 4 is 21.8 Å². The van der Waals surface area contributed by atoms with E-state index in [0.29, 0.717) is 6.61 Å². The minimum atomic E-state index is 0.117. The van der Waals surface area contributed by atoms with Crippen molar-refractivity contribution in [3.8, 4) is 5.75 Å². The van der Waals surface area contributed by atoms with Crippen molar-refractivity contribution in [1.29, 1.82) is 0 Å². The third kappa shape index (κ3) is 2.80. The van der Waals surface area contributed by atoms with Gasteiger partial charge in [-0.25, -0.2) is 0 Å². The van der Waals surface area contributed by atoms with Crippen LogP contribution < -0.4 is 4.74 Å². The third-order valence-electron chi connectivity index (χ3n) is 2.87. The maximum Gasteiger partial charge on any atom is 0.253 e. The number of nitrogens with zero attached hydrogens (tertiary/aromatic N) is 1. The summed E-state index contributed by atoms with van der Waals surface area (Å²) >= 11 is 3.43. The predicted molar refractivity (Wildman–Crippen MR) is 70.4 cm³/mol. The Labute approximate surface area is 110 Å². The van der Waals surface area contributed by atoms with Crippen molar-refractivity contribution in [2.24, 2.45) is 0 Å². The van der Waals surface area contributed by atoms with Crippen molar-refractivity contribution in [2.75, 3.05) is 19.7 Å². The van der Waals surface area contributed by atoms with Gasteiger partial charge in [-0.3, -0.25) is 4.79 Å². The van der Waals surface area contributed by atoms with Gasteiger partial charge in [0, 0.05) is 18.7 Å². The van der Waals surface area contributed by atoms with Gasteiger partial charge in [0.05, 0.1) is 11.1 Å². The topological polar surface area (TPSA) is 29.5 Å². The molecule has 1 heterocycles. The molecule has 1 amide bonds. The number of carbonyl (C=O) groups is 1. The quantitative estimate of drug-likeness (QED) is 0.858. The van der Waals surface area contributed by atoms with Gasteiger partial charge in [0.15, 0.2) is 0 Å². The first-order chi connectivity index (χ1) is 8.22. The van der Waals surface area contributed by atoms with E-state index < -0.39 is 0 Å². The number of carbonyl (C=O) groups excluding carboxylic acids is 1. The molecule has 1 fully saturated rings. The molecule has 1 aliphatic rings. The molecular formula is C13H16BrNO2. The standard InChI is InChI=1S/C13H16BrNO2/c1-2-17-12-6-5-10(9-11(12)14)13(16)15-7-3-4-8-15/h5-6,9H,2-4,7-8H2,1H3. The Morgan fingerprint density at radius 2 is 2.12 bits per heavy atom. The van der Waals surface area contributed by atoms with Gasteiger partial charge in [0.1, 0.15) is 5.75 Å². The Hall–Kier alpha value is -1.03. The summed E-state index contributed by atoms with van der Waals surface area (Å²) in [5, 5.41) is 0. The second kappa shape index (κ2) is 5.54. The molecule has 0 aliphatic carbocycles. The number of rotatable bonds is 3. The molecule has 1 aromatic rings. The highest BCUT2D eigenvalue weighted by Crippen LogP contribution is 2.27. The number of benzene rings is 1. The molecule has 0 radical (unpaired) electrons. The average Bonchev–Trinajstić information content (AvgIpc) is 2.84. The molecule has 1 aromatic carbocycles. The first-order valence-electron chi connectivity index (χ1n) is 5.94. The summed E-state index contributed by atoms with van der Waals surface area (Å²) in [4.78, 5) is 14.0. The van der Waals surface area contributed by atoms with Crippen molar-refractivity contribution < 1.29 is 9.53 Å². The van der Waals surface area contributed by atoms with E-state index in [9.17, 15) is 4.79 Å². The van der Waals surface area contributed by atoms with Crippen LogP contribution in [0, 0.1) is 0 Å². The largest absolute Gasteiger partial charge is 0.493 e. The lowest BCUT2D eigenvalue weighted by molar-refractivity contribution is 0.0792. The lowest BCUT2D eigenvalue weighted by Crippen LogP contribution is -2.27. The molecule has 2 rings (SSSR count). The van der Waals surface area contributed by atoms with Gasteiger partial charge in [-0.1, -0.05) is 0 Å². The van der Waals surface area contributed by atoms with E-state index in [4.69, 9.17) is 4.74 Å². The zero-order valence-corrected chi connectivity index (χ0v) is 11.5. The summed E-state index contributed by atoms with van der Waals surface area (Å²) in [6, 6.07) is 5.51. The molecule has 1 aliphatic heterocycles. The van der Waals surface area contributed by atoms with E-state index in [-0.39, 0.29) is 5.91 Å². The molecule has 0 spiro atoms. The van der Waals surface area contributed by atoms with Crippen LogP contribution in [-0.4, -0.2) is 30.5 Å². The summed E-state index contributed by atoms with van der Waals surface area (Å²) in [6.45, 7) is 4.32. The first kappa shape index (κ1) is 12.4. The number of amides is 1. The first-order valence-corrected chi connectivity index (χ1v) is 6.73. The smallest absolute Gasteiger partial charge is 0.253 e. The fourth-order valence-electron chi connectivity index (χ4n) is 2.01. The van der Waals surface area contributed by atoms with Crippen LogP contribution in [0.15, 0.2) is 22.7 Å². The zero-order chi connectivity index (χ0) is 12.3. The Morgan fingerprint density at radius 1 is 1.41 bits per heavy atom. The molecule has 4 heteroatoms. The van der Waals surface area contributed by atoms with Crippen LogP contribution in [-0.2, 0) is 0 Å². The molecule has 0 unspecified atom stereocenters. The lowest BCUT2D eigenvalue weighted by Gasteiger charge is -2.16. The Bertz CT molecular complexity index is 414. The molecule has 17 heavy (non-hydrogen) atoms. The SMILES string of the molecule is CCOc1ccc(C(=O)N2CCCC2)cc1Br. The fourth-order valence-corrected chi connectivity index (χ4v) is 2.50. The number of halogens is 1. The maximum absolute atomic E-state index is 12.1. The third-order valence-corrected chi connectivity index (χ3v) is 3.49. The summed E-state index contributed by atoms with van der Waals surface area (Å²) in [7, 11) is 0. The fraction of sp³-hybridized carbons (Fsp3) is 0.462. The monoisotopic (exact) mass is 297 g/mol. The van der Waals surface area contributed by atoms with Crippen LogP contribution in [0.2, 0.25) is 0 Å². The summed E-state index contributed by atoms with van der Waals surface area (Å²) in [5.41, 5.74) is 0.724. The second-order valence-electron chi connectivity index (χ2n) is 4.08. The van der Waals surface area contributed by atoms with Gasteiger partial charge < -0.3 is 9.64 Å². The van der Waals surface area contributed by atoms with E-state index in [1.54, 1.807) is 0 Å². The van der Waals surface area contributed by atoms with E-state index >= 15 is 0 Å². The van der Waals surface area contributed by atoms with Crippen LogP contribution in [0.5, 0.6) is 5.75 Å². The summed E-state index contributed by atoms with van der Waals surface area (Å²) < 4.78 is 6.26. The van der Waals surface area contributed by atoms with Gasteiger partial charge >= 0.3 is 0 Å². The van der Waals surface area contributed by atoms with Crippen molar-refractivity contribution in [3.63, 3.8) is 0 Å². The Kier molecular flexibility index (Phi) is 4.05. The normalized spacial score (nSPS) is 15.1. The van der Waals surface area contributed by atoms with Crippen LogP contribution in [0.3, 0.4) is 0 Å². The van der Waals surface area contributed by atoms with Crippen LogP contribution >= 0.6 is 15.9 Å². The van der Waals surface area contributed by atoms with Gasteiger partial charge in [-0.2, -0.15) is 0 Å². The van der Waals surface area contributed by atoms with Crippen molar-refractivity contribution in [3.05, 3.63) is 28.2 Å². The highest BCUT2D eigenvalue weighted by molar-refractivity contribution is 9.10. The predicted octanol–water partition coefficient (Wildman–Crippen LogP) is 3.08. The molecule has 0 atom stereocenters. The minimum absolute atomic E-state index is 0.117. The summed E-state index contributed by atoms with van der Waals surface area (Å²) in [5.74, 6) is 0.900. The number of likely N-dealkylation sites (tertiary alicyclic amines) is 1. The van der Waals surface area contributed by atoms with Crippen LogP contribution in [0.1, 0.15) is 30.1 Å². The highest BCUT2D eigenvalue weighted by atomic mass is 79.9. The average molecular weight is 298 g/mol. The number of hydrogen-bond donors (Lipinski definition) is 0. The van der Waals surface area contributed by atoms with Gasteiger partial charge in [0.2, 0.25) is 0 Å². The van der Waals surface area contributed by atoms with Gasteiger partial charge in [0.25, 0.3) is 5.91 Å². The minimum Gasteiger partial charge on any atom is -0.493 e. The second-order valence-corrected chi connectivity index (χ2v) is 4.93. The molecule has 0 N–H and O–H groups in total. The molecule has 0 saturated carbocycles. The van der Waals surface area contributed by atoms with Crippen molar-refractivity contribution in [2.45, 2.75) is 19.8 Å². The molecule has 0 bridgehead atoms. The highest BCUT2D eigenvalue weighted by Gasteiger charge is 2.20. The van der Waals surface area contributed by atoms with Crippen LogP contribution in [0.4, 0.5) is 0 Å². The van der Waals surface area contributed by atoms with E-state index in [2.05, 4.69) is 15.9 Å². The lowest BCUT2D eigenvalue weighted by atomic mass is 10.2. The molecule has 3 nitrogen and oxygen atoms in total. The maximum atomic E-state index is 12.1. The van der Waals surface area contributed by atoms with Gasteiger partial charge in [-0.05, 0) is 53.9 Å². The number of ether oxygens (including phenoxy) is 1. The van der Waals surface area contributed by atoms with E-state index in [1.165, 1.54) is 0 Å². The van der Waals surface area contributed by atoms with Crippen LogP contribution in [0.25, 0.3) is 0 Å². The molecule has 92 valence electrons. The molecule has 1 saturated heterocycles. The zero-order valence-electron chi connectivity index (χ0n) is 9.91. The number of hydrogen-bond acceptors (Lipinski definition) is 2. The molecule has 0 aromatic heterocycles. The van der Waals surface area contributed by atoms with Gasteiger partial charge in [-0.15, -0.1) is 0 Å². The Balaban J connectivity index is 2.16. The molecular weight excluding hydrogens is 282 g/mol.